The van der Waals surface area contributed by atoms with Crippen LogP contribution in [0.5, 0.6) is 5.75 Å². The number of hydrogen-bond donors (Lipinski definition) is 3. The van der Waals surface area contributed by atoms with Crippen molar-refractivity contribution in [3.05, 3.63) is 59.2 Å². The van der Waals surface area contributed by atoms with E-state index in [0.717, 1.165) is 17.7 Å². The Kier molecular flexibility index (Phi) is 7.16. The molecule has 0 saturated heterocycles. The topological polar surface area (TPSA) is 102 Å². The van der Waals surface area contributed by atoms with Crippen molar-refractivity contribution >= 4 is 10.0 Å². The number of aryl methyl sites for hydroxylation is 2. The van der Waals surface area contributed by atoms with Crippen LogP contribution in [0.4, 0.5) is 0 Å². The number of primary sulfonamides is 1. The number of sulfonamides is 1. The molecule has 2 aromatic carbocycles. The van der Waals surface area contributed by atoms with Gasteiger partial charge >= 0.3 is 0 Å². The van der Waals surface area contributed by atoms with Crippen LogP contribution in [0, 0.1) is 6.92 Å². The molecule has 7 heteroatoms. The van der Waals surface area contributed by atoms with Crippen molar-refractivity contribution in [1.29, 1.82) is 0 Å². The van der Waals surface area contributed by atoms with E-state index in [9.17, 15) is 13.5 Å². The molecule has 0 aliphatic rings. The van der Waals surface area contributed by atoms with Crippen molar-refractivity contribution in [3.63, 3.8) is 0 Å². The molecule has 0 heterocycles. The lowest BCUT2D eigenvalue weighted by molar-refractivity contribution is 0.171. The number of aliphatic hydroxyl groups excluding tert-OH is 1. The van der Waals surface area contributed by atoms with Crippen molar-refractivity contribution in [2.45, 2.75) is 31.3 Å². The predicted molar refractivity (Wildman–Crippen MR) is 102 cm³/mol. The molecule has 0 saturated carbocycles. The van der Waals surface area contributed by atoms with Gasteiger partial charge in [0.25, 0.3) is 0 Å². The predicted octanol–water partition coefficient (Wildman–Crippen LogP) is 1.91. The van der Waals surface area contributed by atoms with Gasteiger partial charge in [-0.3, -0.25) is 0 Å². The maximum Gasteiger partial charge on any atom is 0.238 e. The van der Waals surface area contributed by atoms with Crippen LogP contribution in [0.25, 0.3) is 0 Å². The van der Waals surface area contributed by atoms with Gasteiger partial charge in [-0.25, -0.2) is 13.6 Å². The SMILES string of the molecule is CCc1ccccc1OCCNCC(O)c1ccc(C)c(S(N)(=O)=O)c1. The molecule has 0 aromatic heterocycles. The van der Waals surface area contributed by atoms with E-state index in [-0.39, 0.29) is 11.4 Å². The van der Waals surface area contributed by atoms with Gasteiger partial charge in [0, 0.05) is 13.1 Å². The monoisotopic (exact) mass is 378 g/mol. The van der Waals surface area contributed by atoms with E-state index in [0.29, 0.717) is 24.3 Å². The van der Waals surface area contributed by atoms with Crippen LogP contribution in [0.2, 0.25) is 0 Å². The number of nitrogens with two attached hydrogens (primary N) is 1. The minimum absolute atomic E-state index is 0.0357. The van der Waals surface area contributed by atoms with E-state index in [2.05, 4.69) is 12.2 Å². The Morgan fingerprint density at radius 1 is 1.23 bits per heavy atom. The Morgan fingerprint density at radius 3 is 2.65 bits per heavy atom. The number of hydrogen-bond acceptors (Lipinski definition) is 5. The minimum atomic E-state index is -3.81. The van der Waals surface area contributed by atoms with E-state index in [4.69, 9.17) is 9.88 Å². The molecular weight excluding hydrogens is 352 g/mol. The van der Waals surface area contributed by atoms with Crippen LogP contribution >= 0.6 is 0 Å². The third-order valence-electron chi connectivity index (χ3n) is 4.13. The van der Waals surface area contributed by atoms with Crippen molar-refractivity contribution in [1.82, 2.24) is 5.32 Å². The summed E-state index contributed by atoms with van der Waals surface area (Å²) in [7, 11) is -3.81. The molecule has 1 atom stereocenters. The fraction of sp³-hybridized carbons (Fsp3) is 0.368. The first-order valence-electron chi connectivity index (χ1n) is 8.55. The molecule has 26 heavy (non-hydrogen) atoms. The quantitative estimate of drug-likeness (QED) is 0.579. The van der Waals surface area contributed by atoms with Gasteiger partial charge in [-0.2, -0.15) is 0 Å². The smallest absolute Gasteiger partial charge is 0.238 e. The lowest BCUT2D eigenvalue weighted by Crippen LogP contribution is -2.26. The fourth-order valence-corrected chi connectivity index (χ4v) is 3.47. The second kappa shape index (κ2) is 9.14. The second-order valence-electron chi connectivity index (χ2n) is 6.10. The average Bonchev–Trinajstić information content (AvgIpc) is 2.61. The summed E-state index contributed by atoms with van der Waals surface area (Å²) in [5, 5.41) is 18.6. The standard InChI is InChI=1S/C19H26N2O4S/c1-3-15-6-4-5-7-18(15)25-11-10-21-13-17(22)16-9-8-14(2)19(12-16)26(20,23)24/h4-9,12,17,21-22H,3,10-11,13H2,1-2H3,(H2,20,23,24). The largest absolute Gasteiger partial charge is 0.492 e. The third-order valence-corrected chi connectivity index (χ3v) is 5.18. The Hall–Kier alpha value is -1.93. The highest BCUT2D eigenvalue weighted by atomic mass is 32.2. The third kappa shape index (κ3) is 5.54. The Labute approximate surface area is 155 Å². The minimum Gasteiger partial charge on any atom is -0.492 e. The molecule has 4 N–H and O–H groups in total. The summed E-state index contributed by atoms with van der Waals surface area (Å²) in [6, 6.07) is 12.7. The number of ether oxygens (including phenoxy) is 1. The summed E-state index contributed by atoms with van der Waals surface area (Å²) in [5.41, 5.74) is 2.21. The summed E-state index contributed by atoms with van der Waals surface area (Å²) in [4.78, 5) is 0.0357. The average molecular weight is 378 g/mol. The highest BCUT2D eigenvalue weighted by Gasteiger charge is 2.15. The highest BCUT2D eigenvalue weighted by Crippen LogP contribution is 2.20. The van der Waals surface area contributed by atoms with Crippen LogP contribution in [-0.4, -0.2) is 33.2 Å². The van der Waals surface area contributed by atoms with Crippen LogP contribution in [0.15, 0.2) is 47.4 Å². The van der Waals surface area contributed by atoms with Crippen LogP contribution in [0.3, 0.4) is 0 Å². The molecule has 0 bridgehead atoms. The van der Waals surface area contributed by atoms with Crippen LogP contribution < -0.4 is 15.2 Å². The van der Waals surface area contributed by atoms with Gasteiger partial charge in [-0.1, -0.05) is 37.3 Å². The number of nitrogens with one attached hydrogen (secondary N) is 1. The zero-order chi connectivity index (χ0) is 19.2. The molecule has 0 spiro atoms. The lowest BCUT2D eigenvalue weighted by Gasteiger charge is -2.15. The van der Waals surface area contributed by atoms with E-state index in [1.165, 1.54) is 6.07 Å². The van der Waals surface area contributed by atoms with Crippen LogP contribution in [-0.2, 0) is 16.4 Å². The number of para-hydroxylation sites is 1. The number of benzene rings is 2. The summed E-state index contributed by atoms with van der Waals surface area (Å²) in [5.74, 6) is 0.869. The Bertz CT molecular complexity index is 837. The zero-order valence-electron chi connectivity index (χ0n) is 15.1. The molecule has 2 rings (SSSR count). The molecule has 6 nitrogen and oxygen atoms in total. The molecule has 0 aliphatic carbocycles. The number of rotatable bonds is 9. The first-order chi connectivity index (χ1) is 12.3. The first-order valence-corrected chi connectivity index (χ1v) is 10.1. The summed E-state index contributed by atoms with van der Waals surface area (Å²) in [6.45, 7) is 5.06. The normalized spacial score (nSPS) is 12.8. The lowest BCUT2D eigenvalue weighted by atomic mass is 10.1. The van der Waals surface area contributed by atoms with Crippen molar-refractivity contribution in [2.75, 3.05) is 19.7 Å². The van der Waals surface area contributed by atoms with E-state index in [1.54, 1.807) is 19.1 Å². The maximum absolute atomic E-state index is 11.6. The summed E-state index contributed by atoms with van der Waals surface area (Å²) in [6.07, 6.45) is 0.0707. The van der Waals surface area contributed by atoms with E-state index < -0.39 is 16.1 Å². The molecule has 0 radical (unpaired) electrons. The molecule has 0 amide bonds. The van der Waals surface area contributed by atoms with Crippen LogP contribution in [0.1, 0.15) is 29.7 Å². The zero-order valence-corrected chi connectivity index (χ0v) is 15.9. The Morgan fingerprint density at radius 2 is 1.96 bits per heavy atom. The molecule has 142 valence electrons. The fourth-order valence-electron chi connectivity index (χ4n) is 2.66. The van der Waals surface area contributed by atoms with Crippen molar-refractivity contribution in [3.8, 4) is 5.75 Å². The highest BCUT2D eigenvalue weighted by molar-refractivity contribution is 7.89. The summed E-state index contributed by atoms with van der Waals surface area (Å²) < 4.78 is 28.9. The van der Waals surface area contributed by atoms with Gasteiger partial charge in [0.15, 0.2) is 0 Å². The van der Waals surface area contributed by atoms with Gasteiger partial charge in [-0.05, 0) is 42.2 Å². The van der Waals surface area contributed by atoms with Gasteiger partial charge in [0.1, 0.15) is 12.4 Å². The maximum atomic E-state index is 11.6. The van der Waals surface area contributed by atoms with Crippen molar-refractivity contribution in [2.24, 2.45) is 5.14 Å². The first kappa shape index (κ1) is 20.4. The van der Waals surface area contributed by atoms with E-state index >= 15 is 0 Å². The van der Waals surface area contributed by atoms with Crippen molar-refractivity contribution < 1.29 is 18.3 Å². The molecule has 1 unspecified atom stereocenters. The molecular formula is C19H26N2O4S. The van der Waals surface area contributed by atoms with Gasteiger partial charge in [-0.15, -0.1) is 0 Å². The Balaban J connectivity index is 1.85. The molecule has 0 aliphatic heterocycles. The van der Waals surface area contributed by atoms with Gasteiger partial charge < -0.3 is 15.2 Å². The molecule has 2 aromatic rings. The van der Waals surface area contributed by atoms with Gasteiger partial charge in [0.05, 0.1) is 11.0 Å². The summed E-state index contributed by atoms with van der Waals surface area (Å²) >= 11 is 0. The van der Waals surface area contributed by atoms with Gasteiger partial charge in [0.2, 0.25) is 10.0 Å². The van der Waals surface area contributed by atoms with E-state index in [1.807, 2.05) is 24.3 Å². The number of aliphatic hydroxyl groups is 1. The second-order valence-corrected chi connectivity index (χ2v) is 7.63. The molecule has 0 fully saturated rings.